The van der Waals surface area contributed by atoms with Crippen LogP contribution in [0.15, 0.2) is 0 Å². The zero-order valence-electron chi connectivity index (χ0n) is 7.72. The van der Waals surface area contributed by atoms with Gasteiger partial charge in [-0.05, 0) is 26.8 Å². The van der Waals surface area contributed by atoms with Crippen LogP contribution in [-0.2, 0) is 9.47 Å². The van der Waals surface area contributed by atoms with Crippen LogP contribution in [0, 0.1) is 0 Å². The van der Waals surface area contributed by atoms with Crippen LogP contribution in [0.25, 0.3) is 0 Å². The molecule has 0 radical (unpaired) electrons. The van der Waals surface area contributed by atoms with Gasteiger partial charge in [0.1, 0.15) is 0 Å². The molecule has 0 aliphatic carbocycles. The minimum absolute atomic E-state index is 0.172. The molecular formula is C8H19NO2. The average Bonchev–Trinajstić information content (AvgIpc) is 1.99. The van der Waals surface area contributed by atoms with Crippen LogP contribution in [0.5, 0.6) is 0 Å². The molecule has 0 aromatic rings. The molecule has 0 aliphatic rings. The van der Waals surface area contributed by atoms with E-state index >= 15 is 0 Å². The summed E-state index contributed by atoms with van der Waals surface area (Å²) in [6, 6.07) is 0. The van der Waals surface area contributed by atoms with Gasteiger partial charge < -0.3 is 15.2 Å². The molecular weight excluding hydrogens is 142 g/mol. The summed E-state index contributed by atoms with van der Waals surface area (Å²) in [6.45, 7) is 6.03. The molecule has 0 bridgehead atoms. The van der Waals surface area contributed by atoms with Gasteiger partial charge in [-0.25, -0.2) is 0 Å². The predicted octanol–water partition coefficient (Wildman–Crippen LogP) is 0.777. The number of nitrogens with two attached hydrogens (primary N) is 1. The van der Waals surface area contributed by atoms with Crippen molar-refractivity contribution in [1.82, 2.24) is 0 Å². The van der Waals surface area contributed by atoms with Crippen molar-refractivity contribution in [3.63, 3.8) is 0 Å². The van der Waals surface area contributed by atoms with Crippen LogP contribution in [0.3, 0.4) is 0 Å². The quantitative estimate of drug-likeness (QED) is 0.585. The summed E-state index contributed by atoms with van der Waals surface area (Å²) in [5.74, 6) is 0. The van der Waals surface area contributed by atoms with E-state index < -0.39 is 0 Å². The Labute approximate surface area is 68.9 Å². The van der Waals surface area contributed by atoms with Gasteiger partial charge >= 0.3 is 0 Å². The average molecular weight is 161 g/mol. The van der Waals surface area contributed by atoms with E-state index in [1.54, 1.807) is 7.11 Å². The van der Waals surface area contributed by atoms with Gasteiger partial charge in [0, 0.05) is 13.7 Å². The lowest BCUT2D eigenvalue weighted by atomic mass is 10.1. The van der Waals surface area contributed by atoms with Gasteiger partial charge in [-0.2, -0.15) is 0 Å². The fraction of sp³-hybridized carbons (Fsp3) is 1.00. The maximum absolute atomic E-state index is 5.32. The first-order chi connectivity index (χ1) is 5.12. The molecule has 68 valence electrons. The van der Waals surface area contributed by atoms with Gasteiger partial charge in [0.15, 0.2) is 0 Å². The molecule has 0 amide bonds. The molecule has 3 nitrogen and oxygen atoms in total. The summed E-state index contributed by atoms with van der Waals surface area (Å²) in [5.41, 5.74) is 5.13. The molecule has 2 N–H and O–H groups in total. The van der Waals surface area contributed by atoms with Gasteiger partial charge in [-0.15, -0.1) is 0 Å². The Balaban J connectivity index is 3.23. The lowest BCUT2D eigenvalue weighted by Gasteiger charge is -2.22. The second-order valence-electron chi connectivity index (χ2n) is 3.16. The number of hydrogen-bond acceptors (Lipinski definition) is 3. The second-order valence-corrected chi connectivity index (χ2v) is 3.16. The zero-order chi connectivity index (χ0) is 8.74. The first kappa shape index (κ1) is 10.9. The van der Waals surface area contributed by atoms with Crippen LogP contribution in [-0.4, -0.2) is 32.5 Å². The van der Waals surface area contributed by atoms with Crippen molar-refractivity contribution in [1.29, 1.82) is 0 Å². The minimum atomic E-state index is -0.172. The van der Waals surface area contributed by atoms with Crippen molar-refractivity contribution in [3.8, 4) is 0 Å². The molecule has 0 atom stereocenters. The summed E-state index contributed by atoms with van der Waals surface area (Å²) < 4.78 is 10.5. The topological polar surface area (TPSA) is 44.5 Å². The Morgan fingerprint density at radius 3 is 2.45 bits per heavy atom. The minimum Gasteiger partial charge on any atom is -0.378 e. The Kier molecular flexibility index (Phi) is 5.46. The normalized spacial score (nSPS) is 12.0. The van der Waals surface area contributed by atoms with E-state index in [1.165, 1.54) is 0 Å². The Morgan fingerprint density at radius 1 is 1.36 bits per heavy atom. The third-order valence-corrected chi connectivity index (χ3v) is 1.50. The molecule has 0 aromatic heterocycles. The molecule has 0 aliphatic heterocycles. The van der Waals surface area contributed by atoms with E-state index in [1.807, 2.05) is 13.8 Å². The highest BCUT2D eigenvalue weighted by atomic mass is 16.5. The first-order valence-electron chi connectivity index (χ1n) is 3.95. The van der Waals surface area contributed by atoms with Crippen molar-refractivity contribution in [2.24, 2.45) is 5.73 Å². The number of ether oxygens (including phenoxy) is 2. The third-order valence-electron chi connectivity index (χ3n) is 1.50. The highest BCUT2D eigenvalue weighted by molar-refractivity contribution is 4.65. The lowest BCUT2D eigenvalue weighted by molar-refractivity contribution is -0.0507. The highest BCUT2D eigenvalue weighted by Crippen LogP contribution is 2.07. The number of methoxy groups -OCH3 is 1. The SMILES string of the molecule is COC(C)(C)COCCCN. The van der Waals surface area contributed by atoms with Crippen molar-refractivity contribution < 1.29 is 9.47 Å². The molecule has 0 spiro atoms. The molecule has 0 fully saturated rings. The van der Waals surface area contributed by atoms with Crippen LogP contribution >= 0.6 is 0 Å². The largest absolute Gasteiger partial charge is 0.378 e. The van der Waals surface area contributed by atoms with Crippen LogP contribution in [0.1, 0.15) is 20.3 Å². The Morgan fingerprint density at radius 2 is 2.00 bits per heavy atom. The summed E-state index contributed by atoms with van der Waals surface area (Å²) in [5, 5.41) is 0. The molecule has 0 saturated heterocycles. The van der Waals surface area contributed by atoms with Crippen molar-refractivity contribution in [2.45, 2.75) is 25.9 Å². The van der Waals surface area contributed by atoms with Crippen molar-refractivity contribution >= 4 is 0 Å². The Hall–Kier alpha value is -0.120. The summed E-state index contributed by atoms with van der Waals surface area (Å²) in [4.78, 5) is 0. The van der Waals surface area contributed by atoms with Crippen molar-refractivity contribution in [2.75, 3.05) is 26.9 Å². The smallest absolute Gasteiger partial charge is 0.0855 e. The molecule has 0 unspecified atom stereocenters. The standard InChI is InChI=1S/C8H19NO2/c1-8(2,10-3)7-11-6-4-5-9/h4-7,9H2,1-3H3. The van der Waals surface area contributed by atoms with E-state index in [9.17, 15) is 0 Å². The van der Waals surface area contributed by atoms with E-state index in [0.29, 0.717) is 13.2 Å². The number of rotatable bonds is 6. The highest BCUT2D eigenvalue weighted by Gasteiger charge is 2.15. The molecule has 3 heteroatoms. The molecule has 0 aromatic carbocycles. The first-order valence-corrected chi connectivity index (χ1v) is 3.95. The van der Waals surface area contributed by atoms with Gasteiger partial charge in [0.2, 0.25) is 0 Å². The molecule has 0 heterocycles. The van der Waals surface area contributed by atoms with Crippen LogP contribution in [0.4, 0.5) is 0 Å². The Bertz CT molecular complexity index is 94.1. The predicted molar refractivity (Wildman–Crippen MR) is 45.6 cm³/mol. The van der Waals surface area contributed by atoms with Crippen LogP contribution < -0.4 is 5.73 Å². The summed E-state index contributed by atoms with van der Waals surface area (Å²) >= 11 is 0. The molecule has 0 saturated carbocycles. The van der Waals surface area contributed by atoms with Crippen molar-refractivity contribution in [3.05, 3.63) is 0 Å². The molecule has 0 rings (SSSR count). The second kappa shape index (κ2) is 5.52. The van der Waals surface area contributed by atoms with E-state index in [4.69, 9.17) is 15.2 Å². The van der Waals surface area contributed by atoms with E-state index in [0.717, 1.165) is 13.0 Å². The van der Waals surface area contributed by atoms with Gasteiger partial charge in [0.25, 0.3) is 0 Å². The van der Waals surface area contributed by atoms with E-state index in [-0.39, 0.29) is 5.60 Å². The van der Waals surface area contributed by atoms with Gasteiger partial charge in [-0.3, -0.25) is 0 Å². The van der Waals surface area contributed by atoms with E-state index in [2.05, 4.69) is 0 Å². The zero-order valence-corrected chi connectivity index (χ0v) is 7.72. The third kappa shape index (κ3) is 6.28. The monoisotopic (exact) mass is 161 g/mol. The maximum Gasteiger partial charge on any atom is 0.0855 e. The molecule has 11 heavy (non-hydrogen) atoms. The van der Waals surface area contributed by atoms with Crippen LogP contribution in [0.2, 0.25) is 0 Å². The fourth-order valence-corrected chi connectivity index (χ4v) is 0.562. The fourth-order valence-electron chi connectivity index (χ4n) is 0.562. The summed E-state index contributed by atoms with van der Waals surface area (Å²) in [7, 11) is 1.69. The lowest BCUT2D eigenvalue weighted by Crippen LogP contribution is -2.29. The summed E-state index contributed by atoms with van der Waals surface area (Å²) in [6.07, 6.45) is 0.916. The maximum atomic E-state index is 5.32. The van der Waals surface area contributed by atoms with Gasteiger partial charge in [-0.1, -0.05) is 0 Å². The van der Waals surface area contributed by atoms with Gasteiger partial charge in [0.05, 0.1) is 12.2 Å². The number of hydrogen-bond donors (Lipinski definition) is 1.